The lowest BCUT2D eigenvalue weighted by atomic mass is 10.1. The van der Waals surface area contributed by atoms with Gasteiger partial charge >= 0.3 is 0 Å². The fourth-order valence-corrected chi connectivity index (χ4v) is 2.64. The molecule has 2 rings (SSSR count). The zero-order valence-electron chi connectivity index (χ0n) is 13.4. The van der Waals surface area contributed by atoms with Gasteiger partial charge in [-0.3, -0.25) is 0 Å². The molecule has 1 aromatic rings. The van der Waals surface area contributed by atoms with Crippen molar-refractivity contribution in [1.82, 2.24) is 5.32 Å². The highest BCUT2D eigenvalue weighted by atomic mass is 16.5. The summed E-state index contributed by atoms with van der Waals surface area (Å²) in [6, 6.07) is 6.27. The molecule has 2 unspecified atom stereocenters. The molecule has 118 valence electrons. The molecule has 1 aliphatic heterocycles. The van der Waals surface area contributed by atoms with Crippen LogP contribution >= 0.6 is 0 Å². The first-order valence-corrected chi connectivity index (χ1v) is 7.77. The standard InChI is InChI=1S/C17H27NO3/c1-13-5-4-6-15(11-18-9-10-19-3)17(13)20-12-16-8-7-14(2)21-16/h4-6,14,16,18H,7-12H2,1-3H3. The fraction of sp³-hybridized carbons (Fsp3) is 0.647. The highest BCUT2D eigenvalue weighted by molar-refractivity contribution is 5.40. The van der Waals surface area contributed by atoms with Crippen LogP contribution in [0.1, 0.15) is 30.9 Å². The van der Waals surface area contributed by atoms with E-state index in [4.69, 9.17) is 14.2 Å². The van der Waals surface area contributed by atoms with Crippen LogP contribution in [-0.4, -0.2) is 39.1 Å². The van der Waals surface area contributed by atoms with Crippen LogP contribution in [0, 0.1) is 6.92 Å². The topological polar surface area (TPSA) is 39.7 Å². The Hall–Kier alpha value is -1.10. The second-order valence-electron chi connectivity index (χ2n) is 5.69. The van der Waals surface area contributed by atoms with Crippen LogP contribution in [0.4, 0.5) is 0 Å². The maximum absolute atomic E-state index is 6.06. The van der Waals surface area contributed by atoms with Gasteiger partial charge in [-0.2, -0.15) is 0 Å². The van der Waals surface area contributed by atoms with E-state index in [1.165, 1.54) is 11.1 Å². The van der Waals surface area contributed by atoms with Gasteiger partial charge in [0.05, 0.1) is 18.8 Å². The van der Waals surface area contributed by atoms with Gasteiger partial charge in [-0.15, -0.1) is 0 Å². The van der Waals surface area contributed by atoms with Gasteiger partial charge in [0, 0.05) is 25.8 Å². The van der Waals surface area contributed by atoms with Gasteiger partial charge < -0.3 is 19.5 Å². The maximum Gasteiger partial charge on any atom is 0.126 e. The SMILES string of the molecule is COCCNCc1cccc(C)c1OCC1CCC(C)O1. The molecule has 1 heterocycles. The molecule has 0 saturated carbocycles. The largest absolute Gasteiger partial charge is 0.490 e. The molecule has 21 heavy (non-hydrogen) atoms. The van der Waals surface area contributed by atoms with Crippen LogP contribution in [0.15, 0.2) is 18.2 Å². The number of methoxy groups -OCH3 is 1. The molecule has 4 nitrogen and oxygen atoms in total. The molecule has 2 atom stereocenters. The third-order valence-electron chi connectivity index (χ3n) is 3.83. The number of rotatable bonds is 8. The lowest BCUT2D eigenvalue weighted by Crippen LogP contribution is -2.21. The van der Waals surface area contributed by atoms with Crippen molar-refractivity contribution < 1.29 is 14.2 Å². The molecule has 0 amide bonds. The van der Waals surface area contributed by atoms with Crippen molar-refractivity contribution in [3.63, 3.8) is 0 Å². The normalized spacial score (nSPS) is 21.7. The minimum Gasteiger partial charge on any atom is -0.490 e. The summed E-state index contributed by atoms with van der Waals surface area (Å²) in [5.74, 6) is 0.991. The number of aryl methyl sites for hydroxylation is 1. The summed E-state index contributed by atoms with van der Waals surface area (Å²) in [4.78, 5) is 0. The second kappa shape index (κ2) is 8.37. The number of ether oxygens (including phenoxy) is 3. The van der Waals surface area contributed by atoms with Crippen molar-refractivity contribution >= 4 is 0 Å². The van der Waals surface area contributed by atoms with E-state index in [9.17, 15) is 0 Å². The van der Waals surface area contributed by atoms with E-state index in [2.05, 4.69) is 37.4 Å². The summed E-state index contributed by atoms with van der Waals surface area (Å²) in [6.45, 7) is 7.20. The van der Waals surface area contributed by atoms with Gasteiger partial charge in [0.25, 0.3) is 0 Å². The zero-order chi connectivity index (χ0) is 15.1. The average Bonchev–Trinajstić information content (AvgIpc) is 2.88. The van der Waals surface area contributed by atoms with Crippen LogP contribution in [-0.2, 0) is 16.0 Å². The van der Waals surface area contributed by atoms with Crippen molar-refractivity contribution in [3.8, 4) is 5.75 Å². The number of nitrogens with one attached hydrogen (secondary N) is 1. The van der Waals surface area contributed by atoms with Gasteiger partial charge in [0.2, 0.25) is 0 Å². The Kier molecular flexibility index (Phi) is 6.49. The molecule has 1 aliphatic rings. The van der Waals surface area contributed by atoms with Crippen molar-refractivity contribution in [2.24, 2.45) is 0 Å². The minimum atomic E-state index is 0.230. The Morgan fingerprint density at radius 2 is 2.19 bits per heavy atom. The molecule has 0 spiro atoms. The quantitative estimate of drug-likeness (QED) is 0.748. The number of benzene rings is 1. The molecule has 1 fully saturated rings. The Morgan fingerprint density at radius 1 is 1.33 bits per heavy atom. The molecule has 1 saturated heterocycles. The summed E-state index contributed by atoms with van der Waals surface area (Å²) >= 11 is 0. The van der Waals surface area contributed by atoms with Crippen LogP contribution in [0.5, 0.6) is 5.75 Å². The summed E-state index contributed by atoms with van der Waals surface area (Å²) in [7, 11) is 1.71. The van der Waals surface area contributed by atoms with E-state index < -0.39 is 0 Å². The van der Waals surface area contributed by atoms with Crippen molar-refractivity contribution in [3.05, 3.63) is 29.3 Å². The van der Waals surface area contributed by atoms with E-state index in [0.29, 0.717) is 12.7 Å². The molecule has 0 aliphatic carbocycles. The average molecular weight is 293 g/mol. The van der Waals surface area contributed by atoms with E-state index in [1.54, 1.807) is 7.11 Å². The third kappa shape index (κ3) is 4.99. The molecular weight excluding hydrogens is 266 g/mol. The molecule has 1 aromatic carbocycles. The Labute approximate surface area is 127 Å². The van der Waals surface area contributed by atoms with Crippen LogP contribution in [0.25, 0.3) is 0 Å². The second-order valence-corrected chi connectivity index (χ2v) is 5.69. The summed E-state index contributed by atoms with van der Waals surface area (Å²) < 4.78 is 16.9. The van der Waals surface area contributed by atoms with Crippen LogP contribution < -0.4 is 10.1 Å². The zero-order valence-corrected chi connectivity index (χ0v) is 13.4. The number of hydrogen-bond acceptors (Lipinski definition) is 4. The molecule has 4 heteroatoms. The first-order valence-electron chi connectivity index (χ1n) is 7.77. The summed E-state index contributed by atoms with van der Waals surface area (Å²) in [5.41, 5.74) is 2.37. The first kappa shape index (κ1) is 16.3. The molecule has 0 aromatic heterocycles. The van der Waals surface area contributed by atoms with Crippen molar-refractivity contribution in [1.29, 1.82) is 0 Å². The molecular formula is C17H27NO3. The fourth-order valence-electron chi connectivity index (χ4n) is 2.64. The molecule has 0 radical (unpaired) electrons. The molecule has 0 bridgehead atoms. The van der Waals surface area contributed by atoms with Crippen LogP contribution in [0.2, 0.25) is 0 Å². The maximum atomic E-state index is 6.06. The van der Waals surface area contributed by atoms with E-state index in [0.717, 1.165) is 38.3 Å². The summed E-state index contributed by atoms with van der Waals surface area (Å²) in [5, 5.41) is 3.37. The third-order valence-corrected chi connectivity index (χ3v) is 3.83. The number of hydrogen-bond donors (Lipinski definition) is 1. The predicted octanol–water partition coefficient (Wildman–Crippen LogP) is 2.68. The summed E-state index contributed by atoms with van der Waals surface area (Å²) in [6.07, 6.45) is 2.82. The Balaban J connectivity index is 1.90. The van der Waals surface area contributed by atoms with E-state index in [1.807, 2.05) is 0 Å². The first-order chi connectivity index (χ1) is 10.2. The highest BCUT2D eigenvalue weighted by Gasteiger charge is 2.22. The van der Waals surface area contributed by atoms with Gasteiger partial charge in [0.1, 0.15) is 12.4 Å². The lowest BCUT2D eigenvalue weighted by molar-refractivity contribution is 0.0261. The highest BCUT2D eigenvalue weighted by Crippen LogP contribution is 2.26. The lowest BCUT2D eigenvalue weighted by Gasteiger charge is -2.17. The van der Waals surface area contributed by atoms with Gasteiger partial charge in [-0.25, -0.2) is 0 Å². The monoisotopic (exact) mass is 293 g/mol. The van der Waals surface area contributed by atoms with Gasteiger partial charge in [-0.05, 0) is 32.3 Å². The Bertz CT molecular complexity index is 436. The Morgan fingerprint density at radius 3 is 2.90 bits per heavy atom. The van der Waals surface area contributed by atoms with Crippen molar-refractivity contribution in [2.45, 2.75) is 45.4 Å². The predicted molar refractivity (Wildman–Crippen MR) is 83.8 cm³/mol. The van der Waals surface area contributed by atoms with Gasteiger partial charge in [-0.1, -0.05) is 18.2 Å². The van der Waals surface area contributed by atoms with Crippen LogP contribution in [0.3, 0.4) is 0 Å². The minimum absolute atomic E-state index is 0.230. The van der Waals surface area contributed by atoms with E-state index >= 15 is 0 Å². The van der Waals surface area contributed by atoms with Crippen molar-refractivity contribution in [2.75, 3.05) is 26.9 Å². The van der Waals surface area contributed by atoms with E-state index in [-0.39, 0.29) is 6.10 Å². The smallest absolute Gasteiger partial charge is 0.126 e. The van der Waals surface area contributed by atoms with Gasteiger partial charge in [0.15, 0.2) is 0 Å². The number of para-hydroxylation sites is 1. The molecule has 1 N–H and O–H groups in total.